The van der Waals surface area contributed by atoms with Crippen LogP contribution < -0.4 is 0 Å². The molecule has 1 aliphatic rings. The molecule has 0 spiro atoms. The summed E-state index contributed by atoms with van der Waals surface area (Å²) in [6.07, 6.45) is 4.78. The SMILES string of the molecule is CC(C=O)c1cc2c(s1)CCC2. The molecular weight excluding hydrogens is 168 g/mol. The zero-order valence-corrected chi connectivity index (χ0v) is 7.99. The lowest BCUT2D eigenvalue weighted by molar-refractivity contribution is -0.108. The van der Waals surface area contributed by atoms with Crippen LogP contribution in [0.2, 0.25) is 0 Å². The van der Waals surface area contributed by atoms with E-state index >= 15 is 0 Å². The maximum atomic E-state index is 10.5. The molecule has 0 fully saturated rings. The molecule has 0 saturated heterocycles. The van der Waals surface area contributed by atoms with Gasteiger partial charge in [0.1, 0.15) is 6.29 Å². The third-order valence-electron chi connectivity index (χ3n) is 2.42. The Morgan fingerprint density at radius 1 is 1.58 bits per heavy atom. The van der Waals surface area contributed by atoms with Crippen molar-refractivity contribution in [2.45, 2.75) is 32.1 Å². The highest BCUT2D eigenvalue weighted by Crippen LogP contribution is 2.33. The minimum absolute atomic E-state index is 0.0978. The van der Waals surface area contributed by atoms with Crippen molar-refractivity contribution in [3.8, 4) is 0 Å². The zero-order valence-electron chi connectivity index (χ0n) is 7.17. The van der Waals surface area contributed by atoms with E-state index in [4.69, 9.17) is 0 Å². The summed E-state index contributed by atoms with van der Waals surface area (Å²) in [6, 6.07) is 2.21. The second-order valence-corrected chi connectivity index (χ2v) is 4.54. The maximum absolute atomic E-state index is 10.5. The van der Waals surface area contributed by atoms with Crippen LogP contribution in [-0.4, -0.2) is 6.29 Å². The van der Waals surface area contributed by atoms with Gasteiger partial charge in [0.15, 0.2) is 0 Å². The minimum Gasteiger partial charge on any atom is -0.303 e. The van der Waals surface area contributed by atoms with Crippen molar-refractivity contribution in [3.63, 3.8) is 0 Å². The molecule has 2 rings (SSSR count). The standard InChI is InChI=1S/C10H12OS/c1-7(6-11)10-5-8-3-2-4-9(8)12-10/h5-7H,2-4H2,1H3. The Bertz CT molecular complexity index is 279. The fourth-order valence-corrected chi connectivity index (χ4v) is 2.91. The Balaban J connectivity index is 2.30. The lowest BCUT2D eigenvalue weighted by atomic mass is 10.1. The Morgan fingerprint density at radius 3 is 3.08 bits per heavy atom. The average molecular weight is 180 g/mol. The van der Waals surface area contributed by atoms with Crippen LogP contribution in [0.15, 0.2) is 6.07 Å². The molecule has 12 heavy (non-hydrogen) atoms. The molecule has 0 bridgehead atoms. The van der Waals surface area contributed by atoms with Crippen LogP contribution in [0.3, 0.4) is 0 Å². The topological polar surface area (TPSA) is 17.1 Å². The van der Waals surface area contributed by atoms with Gasteiger partial charge in [-0.1, -0.05) is 6.92 Å². The Labute approximate surface area is 76.4 Å². The number of fused-ring (bicyclic) bond motifs is 1. The zero-order chi connectivity index (χ0) is 8.55. The highest BCUT2D eigenvalue weighted by atomic mass is 32.1. The third-order valence-corrected chi connectivity index (χ3v) is 3.86. The molecule has 0 aliphatic heterocycles. The highest BCUT2D eigenvalue weighted by Gasteiger charge is 2.16. The summed E-state index contributed by atoms with van der Waals surface area (Å²) in [5.74, 6) is 0.0978. The van der Waals surface area contributed by atoms with Gasteiger partial charge in [0.25, 0.3) is 0 Å². The van der Waals surface area contributed by atoms with E-state index in [0.29, 0.717) is 0 Å². The van der Waals surface area contributed by atoms with E-state index in [2.05, 4.69) is 6.07 Å². The van der Waals surface area contributed by atoms with Crippen LogP contribution in [0.5, 0.6) is 0 Å². The van der Waals surface area contributed by atoms with Gasteiger partial charge in [-0.25, -0.2) is 0 Å². The van der Waals surface area contributed by atoms with Crippen molar-refractivity contribution in [2.75, 3.05) is 0 Å². The molecule has 1 heterocycles. The molecule has 64 valence electrons. The molecular formula is C10H12OS. The van der Waals surface area contributed by atoms with E-state index in [1.165, 1.54) is 34.6 Å². The van der Waals surface area contributed by atoms with E-state index in [1.54, 1.807) is 0 Å². The number of aldehydes is 1. The van der Waals surface area contributed by atoms with Gasteiger partial charge in [0.05, 0.1) is 0 Å². The average Bonchev–Trinajstić information content (AvgIpc) is 2.60. The van der Waals surface area contributed by atoms with Gasteiger partial charge in [0, 0.05) is 15.7 Å². The summed E-state index contributed by atoms with van der Waals surface area (Å²) >= 11 is 1.82. The minimum atomic E-state index is 0.0978. The second kappa shape index (κ2) is 3.02. The van der Waals surface area contributed by atoms with E-state index in [-0.39, 0.29) is 5.92 Å². The van der Waals surface area contributed by atoms with Crippen molar-refractivity contribution in [1.82, 2.24) is 0 Å². The molecule has 0 radical (unpaired) electrons. The van der Waals surface area contributed by atoms with Gasteiger partial charge >= 0.3 is 0 Å². The van der Waals surface area contributed by atoms with Crippen LogP contribution in [0.1, 0.15) is 34.6 Å². The van der Waals surface area contributed by atoms with E-state index in [1.807, 2.05) is 18.3 Å². The molecule has 1 unspecified atom stereocenters. The molecule has 1 nitrogen and oxygen atoms in total. The van der Waals surface area contributed by atoms with Gasteiger partial charge < -0.3 is 4.79 Å². The predicted molar refractivity (Wildman–Crippen MR) is 50.8 cm³/mol. The number of carbonyl (C=O) groups is 1. The monoisotopic (exact) mass is 180 g/mol. The summed E-state index contributed by atoms with van der Waals surface area (Å²) in [7, 11) is 0. The van der Waals surface area contributed by atoms with E-state index in [0.717, 1.165) is 6.29 Å². The molecule has 0 amide bonds. The number of rotatable bonds is 2. The number of hydrogen-bond acceptors (Lipinski definition) is 2. The molecule has 0 saturated carbocycles. The van der Waals surface area contributed by atoms with Gasteiger partial charge in [0.2, 0.25) is 0 Å². The van der Waals surface area contributed by atoms with Gasteiger partial charge in [-0.15, -0.1) is 11.3 Å². The summed E-state index contributed by atoms with van der Waals surface area (Å²) in [4.78, 5) is 13.3. The first-order valence-corrected chi connectivity index (χ1v) is 5.19. The van der Waals surface area contributed by atoms with Gasteiger partial charge in [-0.2, -0.15) is 0 Å². The summed E-state index contributed by atoms with van der Waals surface area (Å²) < 4.78 is 0. The fraction of sp³-hybridized carbons (Fsp3) is 0.500. The van der Waals surface area contributed by atoms with Crippen LogP contribution in [0.4, 0.5) is 0 Å². The van der Waals surface area contributed by atoms with Crippen molar-refractivity contribution in [1.29, 1.82) is 0 Å². The van der Waals surface area contributed by atoms with Gasteiger partial charge in [-0.3, -0.25) is 0 Å². The molecule has 1 atom stereocenters. The van der Waals surface area contributed by atoms with E-state index < -0.39 is 0 Å². The summed E-state index contributed by atoms with van der Waals surface area (Å²) in [5, 5.41) is 0. The lowest BCUT2D eigenvalue weighted by Crippen LogP contribution is -1.89. The molecule has 1 aromatic rings. The van der Waals surface area contributed by atoms with Crippen molar-refractivity contribution < 1.29 is 4.79 Å². The van der Waals surface area contributed by atoms with Gasteiger partial charge in [-0.05, 0) is 30.9 Å². The van der Waals surface area contributed by atoms with Crippen LogP contribution in [0.25, 0.3) is 0 Å². The summed E-state index contributed by atoms with van der Waals surface area (Å²) in [5.41, 5.74) is 1.49. The molecule has 0 aromatic carbocycles. The predicted octanol–water partition coefficient (Wildman–Crippen LogP) is 2.54. The Hall–Kier alpha value is -0.630. The first kappa shape index (κ1) is 7.99. The maximum Gasteiger partial charge on any atom is 0.127 e. The number of aryl methyl sites for hydroxylation is 2. The number of carbonyl (C=O) groups excluding carboxylic acids is 1. The molecule has 1 aromatic heterocycles. The number of thiophene rings is 1. The molecule has 0 N–H and O–H groups in total. The van der Waals surface area contributed by atoms with Crippen molar-refractivity contribution in [2.24, 2.45) is 0 Å². The molecule has 1 aliphatic carbocycles. The Morgan fingerprint density at radius 2 is 2.42 bits per heavy atom. The van der Waals surface area contributed by atoms with Crippen molar-refractivity contribution in [3.05, 3.63) is 21.4 Å². The van der Waals surface area contributed by atoms with Crippen molar-refractivity contribution >= 4 is 17.6 Å². The summed E-state index contributed by atoms with van der Waals surface area (Å²) in [6.45, 7) is 1.97. The molecule has 2 heteroatoms. The Kier molecular flexibility index (Phi) is 2.01. The van der Waals surface area contributed by atoms with Crippen LogP contribution in [0, 0.1) is 0 Å². The highest BCUT2D eigenvalue weighted by molar-refractivity contribution is 7.12. The largest absolute Gasteiger partial charge is 0.303 e. The second-order valence-electron chi connectivity index (χ2n) is 3.38. The first-order valence-electron chi connectivity index (χ1n) is 4.38. The first-order chi connectivity index (χ1) is 5.81. The fourth-order valence-electron chi connectivity index (χ4n) is 1.64. The lowest BCUT2D eigenvalue weighted by Gasteiger charge is -1.96. The van der Waals surface area contributed by atoms with Crippen LogP contribution in [-0.2, 0) is 17.6 Å². The van der Waals surface area contributed by atoms with E-state index in [9.17, 15) is 4.79 Å². The van der Waals surface area contributed by atoms with Crippen LogP contribution >= 0.6 is 11.3 Å². The quantitative estimate of drug-likeness (QED) is 0.639. The number of hydrogen-bond donors (Lipinski definition) is 0. The third kappa shape index (κ3) is 1.20. The smallest absolute Gasteiger partial charge is 0.127 e. The normalized spacial score (nSPS) is 17.4.